The SMILES string of the molecule is CC(C)(C)c1ccc(OCCCC(=O)Nc2ccc(I)cc2)cc1. The highest BCUT2D eigenvalue weighted by molar-refractivity contribution is 14.1. The summed E-state index contributed by atoms with van der Waals surface area (Å²) in [5.41, 5.74) is 2.26. The standard InChI is InChI=1S/C20H24INO2/c1-20(2,3)15-6-12-18(13-7-15)24-14-4-5-19(23)22-17-10-8-16(21)9-11-17/h6-13H,4-5,14H2,1-3H3,(H,22,23). The molecule has 1 N–H and O–H groups in total. The van der Waals surface area contributed by atoms with E-state index in [9.17, 15) is 4.79 Å². The highest BCUT2D eigenvalue weighted by Gasteiger charge is 2.12. The Bertz CT molecular complexity index is 658. The maximum absolute atomic E-state index is 11.9. The quantitative estimate of drug-likeness (QED) is 0.487. The number of carbonyl (C=O) groups excluding carboxylic acids is 1. The van der Waals surface area contributed by atoms with E-state index in [-0.39, 0.29) is 11.3 Å². The van der Waals surface area contributed by atoms with Crippen molar-refractivity contribution >= 4 is 34.2 Å². The third-order valence-corrected chi connectivity index (χ3v) is 4.38. The Hall–Kier alpha value is -1.56. The Labute approximate surface area is 157 Å². The molecular formula is C20H24INO2. The van der Waals surface area contributed by atoms with Crippen LogP contribution in [0.4, 0.5) is 5.69 Å². The third kappa shape index (κ3) is 6.15. The molecule has 3 nitrogen and oxygen atoms in total. The fourth-order valence-corrected chi connectivity index (χ4v) is 2.59. The van der Waals surface area contributed by atoms with Gasteiger partial charge in [0.2, 0.25) is 5.91 Å². The number of amides is 1. The predicted octanol–water partition coefficient (Wildman–Crippen LogP) is 5.39. The zero-order valence-corrected chi connectivity index (χ0v) is 16.6. The third-order valence-electron chi connectivity index (χ3n) is 3.67. The number of rotatable bonds is 6. The fraction of sp³-hybridized carbons (Fsp3) is 0.350. The van der Waals surface area contributed by atoms with Crippen LogP contribution in [0.2, 0.25) is 0 Å². The van der Waals surface area contributed by atoms with E-state index in [1.165, 1.54) is 5.56 Å². The van der Waals surface area contributed by atoms with Gasteiger partial charge in [-0.1, -0.05) is 32.9 Å². The first-order valence-corrected chi connectivity index (χ1v) is 9.21. The van der Waals surface area contributed by atoms with Gasteiger partial charge < -0.3 is 10.1 Å². The Morgan fingerprint density at radius 2 is 1.67 bits per heavy atom. The summed E-state index contributed by atoms with van der Waals surface area (Å²) < 4.78 is 6.86. The molecule has 0 aliphatic rings. The molecule has 2 rings (SSSR count). The molecule has 0 unspecified atom stereocenters. The summed E-state index contributed by atoms with van der Waals surface area (Å²) >= 11 is 2.24. The van der Waals surface area contributed by atoms with Crippen molar-refractivity contribution in [1.82, 2.24) is 0 Å². The van der Waals surface area contributed by atoms with E-state index in [1.54, 1.807) is 0 Å². The molecule has 0 heterocycles. The normalized spacial score (nSPS) is 11.2. The van der Waals surface area contributed by atoms with Crippen molar-refractivity contribution in [2.75, 3.05) is 11.9 Å². The van der Waals surface area contributed by atoms with Crippen LogP contribution in [-0.2, 0) is 10.2 Å². The van der Waals surface area contributed by atoms with E-state index in [1.807, 2.05) is 36.4 Å². The van der Waals surface area contributed by atoms with Gasteiger partial charge in [-0.05, 0) is 76.4 Å². The second kappa shape index (κ2) is 8.51. The fourth-order valence-electron chi connectivity index (χ4n) is 2.23. The van der Waals surface area contributed by atoms with Crippen molar-refractivity contribution in [3.63, 3.8) is 0 Å². The molecule has 0 aromatic heterocycles. The van der Waals surface area contributed by atoms with Crippen molar-refractivity contribution in [2.45, 2.75) is 39.0 Å². The van der Waals surface area contributed by atoms with Crippen molar-refractivity contribution < 1.29 is 9.53 Å². The molecule has 0 spiro atoms. The molecule has 24 heavy (non-hydrogen) atoms. The number of halogens is 1. The van der Waals surface area contributed by atoms with E-state index >= 15 is 0 Å². The van der Waals surface area contributed by atoms with E-state index in [4.69, 9.17) is 4.74 Å². The molecule has 1 amide bonds. The summed E-state index contributed by atoms with van der Waals surface area (Å²) in [5, 5.41) is 2.89. The topological polar surface area (TPSA) is 38.3 Å². The van der Waals surface area contributed by atoms with Crippen LogP contribution in [-0.4, -0.2) is 12.5 Å². The smallest absolute Gasteiger partial charge is 0.224 e. The van der Waals surface area contributed by atoms with Crippen LogP contribution < -0.4 is 10.1 Å². The number of ether oxygens (including phenoxy) is 1. The molecule has 0 radical (unpaired) electrons. The zero-order valence-electron chi connectivity index (χ0n) is 14.4. The van der Waals surface area contributed by atoms with Gasteiger partial charge in [0, 0.05) is 15.7 Å². The lowest BCUT2D eigenvalue weighted by Gasteiger charge is -2.19. The van der Waals surface area contributed by atoms with Gasteiger partial charge >= 0.3 is 0 Å². The average Bonchev–Trinajstić information content (AvgIpc) is 2.53. The Kier molecular flexibility index (Phi) is 6.66. The van der Waals surface area contributed by atoms with Crippen molar-refractivity contribution in [2.24, 2.45) is 0 Å². The lowest BCUT2D eigenvalue weighted by molar-refractivity contribution is -0.116. The first-order chi connectivity index (χ1) is 11.3. The summed E-state index contributed by atoms with van der Waals surface area (Å²) in [6, 6.07) is 15.9. The molecule has 2 aromatic rings. The van der Waals surface area contributed by atoms with E-state index in [0.29, 0.717) is 19.4 Å². The van der Waals surface area contributed by atoms with Crippen LogP contribution >= 0.6 is 22.6 Å². The van der Waals surface area contributed by atoms with Gasteiger partial charge in [0.1, 0.15) is 5.75 Å². The maximum atomic E-state index is 11.9. The monoisotopic (exact) mass is 437 g/mol. The van der Waals surface area contributed by atoms with Crippen molar-refractivity contribution in [3.8, 4) is 5.75 Å². The molecule has 0 aliphatic carbocycles. The van der Waals surface area contributed by atoms with Crippen LogP contribution in [0.3, 0.4) is 0 Å². The minimum atomic E-state index is 0.0166. The minimum Gasteiger partial charge on any atom is -0.494 e. The molecule has 0 saturated carbocycles. The van der Waals surface area contributed by atoms with Gasteiger partial charge in [0.05, 0.1) is 6.61 Å². The van der Waals surface area contributed by atoms with E-state index in [0.717, 1.165) is 15.0 Å². The minimum absolute atomic E-state index is 0.0166. The number of anilines is 1. The lowest BCUT2D eigenvalue weighted by Crippen LogP contribution is -2.13. The molecule has 2 aromatic carbocycles. The summed E-state index contributed by atoms with van der Waals surface area (Å²) in [6.45, 7) is 7.11. The summed E-state index contributed by atoms with van der Waals surface area (Å²) in [6.07, 6.45) is 1.14. The number of carbonyl (C=O) groups is 1. The Morgan fingerprint density at radius 3 is 2.25 bits per heavy atom. The van der Waals surface area contributed by atoms with E-state index in [2.05, 4.69) is 60.8 Å². The lowest BCUT2D eigenvalue weighted by atomic mass is 9.87. The van der Waals surface area contributed by atoms with Gasteiger partial charge in [-0.3, -0.25) is 4.79 Å². The highest BCUT2D eigenvalue weighted by Crippen LogP contribution is 2.24. The molecule has 128 valence electrons. The largest absolute Gasteiger partial charge is 0.494 e. The summed E-state index contributed by atoms with van der Waals surface area (Å²) in [7, 11) is 0. The van der Waals surface area contributed by atoms with E-state index < -0.39 is 0 Å². The molecule has 0 atom stereocenters. The second-order valence-electron chi connectivity index (χ2n) is 6.78. The molecule has 0 saturated heterocycles. The maximum Gasteiger partial charge on any atom is 0.224 e. The van der Waals surface area contributed by atoms with Crippen LogP contribution in [0.5, 0.6) is 5.75 Å². The summed E-state index contributed by atoms with van der Waals surface area (Å²) in [5.74, 6) is 0.865. The van der Waals surface area contributed by atoms with Crippen LogP contribution in [0.1, 0.15) is 39.2 Å². The Morgan fingerprint density at radius 1 is 1.04 bits per heavy atom. The van der Waals surface area contributed by atoms with Gasteiger partial charge in [0.25, 0.3) is 0 Å². The Balaban J connectivity index is 1.70. The number of hydrogen-bond acceptors (Lipinski definition) is 2. The van der Waals surface area contributed by atoms with Gasteiger partial charge in [-0.2, -0.15) is 0 Å². The van der Waals surface area contributed by atoms with Crippen molar-refractivity contribution in [3.05, 3.63) is 57.7 Å². The highest BCUT2D eigenvalue weighted by atomic mass is 127. The van der Waals surface area contributed by atoms with Crippen LogP contribution in [0.15, 0.2) is 48.5 Å². The molecule has 0 fully saturated rings. The average molecular weight is 437 g/mol. The zero-order chi connectivity index (χ0) is 17.6. The van der Waals surface area contributed by atoms with Crippen molar-refractivity contribution in [1.29, 1.82) is 0 Å². The molecular weight excluding hydrogens is 413 g/mol. The predicted molar refractivity (Wildman–Crippen MR) is 108 cm³/mol. The van der Waals surface area contributed by atoms with Crippen LogP contribution in [0.25, 0.3) is 0 Å². The van der Waals surface area contributed by atoms with Gasteiger partial charge in [0.15, 0.2) is 0 Å². The number of hydrogen-bond donors (Lipinski definition) is 1. The van der Waals surface area contributed by atoms with Gasteiger partial charge in [-0.15, -0.1) is 0 Å². The molecule has 4 heteroatoms. The van der Waals surface area contributed by atoms with Crippen LogP contribution in [0, 0.1) is 3.57 Å². The first-order valence-electron chi connectivity index (χ1n) is 8.13. The summed E-state index contributed by atoms with van der Waals surface area (Å²) in [4.78, 5) is 11.9. The van der Waals surface area contributed by atoms with Gasteiger partial charge in [-0.25, -0.2) is 0 Å². The molecule has 0 aliphatic heterocycles. The second-order valence-corrected chi connectivity index (χ2v) is 8.03. The number of benzene rings is 2. The molecule has 0 bridgehead atoms. The number of nitrogens with one attached hydrogen (secondary N) is 1. The first kappa shape index (κ1) is 18.8.